The predicted octanol–water partition coefficient (Wildman–Crippen LogP) is 2.14. The van der Waals surface area contributed by atoms with Crippen molar-refractivity contribution in [2.45, 2.75) is 29.7 Å². The van der Waals surface area contributed by atoms with Gasteiger partial charge in [-0.25, -0.2) is 8.42 Å². The molecule has 1 aromatic rings. The number of hydrogen-bond acceptors (Lipinski definition) is 4. The Hall–Kier alpha value is -0.630. The van der Waals surface area contributed by atoms with Crippen molar-refractivity contribution >= 4 is 31.6 Å². The molecule has 0 heterocycles. The van der Waals surface area contributed by atoms with Gasteiger partial charge in [-0.15, -0.1) is 0 Å². The summed E-state index contributed by atoms with van der Waals surface area (Å²) in [6.45, 7) is 0.499. The number of likely N-dealkylation sites (N-methyl/N-ethyl adjacent to an activating group) is 2. The van der Waals surface area contributed by atoms with Gasteiger partial charge in [-0.3, -0.25) is 0 Å². The molecular formula is C14H22BrN3O2S. The molecule has 0 spiro atoms. The van der Waals surface area contributed by atoms with E-state index in [9.17, 15) is 8.42 Å². The van der Waals surface area contributed by atoms with Crippen LogP contribution in [0.3, 0.4) is 0 Å². The van der Waals surface area contributed by atoms with Crippen LogP contribution < -0.4 is 5.73 Å². The fourth-order valence-corrected chi connectivity index (χ4v) is 5.03. The van der Waals surface area contributed by atoms with Crippen LogP contribution in [0.1, 0.15) is 19.3 Å². The van der Waals surface area contributed by atoms with Gasteiger partial charge in [-0.1, -0.05) is 0 Å². The molecule has 1 fully saturated rings. The maximum absolute atomic E-state index is 12.7. The molecule has 2 N–H and O–H groups in total. The molecule has 2 rings (SSSR count). The average molecular weight is 376 g/mol. The fraction of sp³-hybridized carbons (Fsp3) is 0.571. The van der Waals surface area contributed by atoms with Crippen molar-refractivity contribution in [1.29, 1.82) is 0 Å². The van der Waals surface area contributed by atoms with Crippen molar-refractivity contribution in [2.24, 2.45) is 0 Å². The maximum Gasteiger partial charge on any atom is 0.244 e. The lowest BCUT2D eigenvalue weighted by molar-refractivity contribution is 0.0455. The number of rotatable bonds is 5. The summed E-state index contributed by atoms with van der Waals surface area (Å²) in [5.41, 5.74) is 6.17. The number of anilines is 1. The van der Waals surface area contributed by atoms with Gasteiger partial charge in [0.25, 0.3) is 0 Å². The Morgan fingerprint density at radius 2 is 1.90 bits per heavy atom. The quantitative estimate of drug-likeness (QED) is 0.800. The highest BCUT2D eigenvalue weighted by atomic mass is 79.9. The van der Waals surface area contributed by atoms with E-state index < -0.39 is 10.0 Å². The van der Waals surface area contributed by atoms with Crippen LogP contribution in [0.5, 0.6) is 0 Å². The molecule has 1 saturated carbocycles. The molecular weight excluding hydrogens is 354 g/mol. The van der Waals surface area contributed by atoms with Gasteiger partial charge in [0, 0.05) is 29.3 Å². The summed E-state index contributed by atoms with van der Waals surface area (Å²) in [6.07, 6.45) is 3.21. The molecule has 0 aliphatic heterocycles. The molecule has 0 radical (unpaired) electrons. The molecule has 0 atom stereocenters. The van der Waals surface area contributed by atoms with Crippen LogP contribution in [0.4, 0.5) is 5.69 Å². The van der Waals surface area contributed by atoms with Gasteiger partial charge in [0.15, 0.2) is 0 Å². The minimum atomic E-state index is -3.53. The van der Waals surface area contributed by atoms with Crippen molar-refractivity contribution < 1.29 is 8.42 Å². The van der Waals surface area contributed by atoms with Crippen LogP contribution in [0.25, 0.3) is 0 Å². The third-order valence-electron chi connectivity index (χ3n) is 4.39. The summed E-state index contributed by atoms with van der Waals surface area (Å²) >= 11 is 3.29. The van der Waals surface area contributed by atoms with Gasteiger partial charge in [-0.2, -0.15) is 4.31 Å². The summed E-state index contributed by atoms with van der Waals surface area (Å²) in [7, 11) is 2.14. The zero-order valence-corrected chi connectivity index (χ0v) is 15.0. The number of nitrogens with zero attached hydrogens (tertiary/aromatic N) is 2. The van der Waals surface area contributed by atoms with Crippen LogP contribution in [0.15, 0.2) is 27.6 Å². The molecule has 1 aromatic carbocycles. The van der Waals surface area contributed by atoms with Crippen molar-refractivity contribution in [3.63, 3.8) is 0 Å². The first-order chi connectivity index (χ1) is 9.69. The highest BCUT2D eigenvalue weighted by molar-refractivity contribution is 9.10. The van der Waals surface area contributed by atoms with Gasteiger partial charge in [-0.05, 0) is 67.5 Å². The van der Waals surface area contributed by atoms with E-state index in [0.29, 0.717) is 16.7 Å². The zero-order chi connectivity index (χ0) is 15.8. The molecule has 0 bridgehead atoms. The molecule has 0 saturated heterocycles. The van der Waals surface area contributed by atoms with Gasteiger partial charge in [0.2, 0.25) is 10.0 Å². The average Bonchev–Trinajstić information content (AvgIpc) is 2.32. The van der Waals surface area contributed by atoms with Crippen molar-refractivity contribution in [1.82, 2.24) is 9.21 Å². The number of sulfonamides is 1. The number of nitrogens with two attached hydrogens (primary N) is 1. The molecule has 1 aliphatic rings. The van der Waals surface area contributed by atoms with Gasteiger partial charge >= 0.3 is 0 Å². The van der Waals surface area contributed by atoms with Crippen molar-refractivity contribution in [3.05, 3.63) is 22.7 Å². The summed E-state index contributed by atoms with van der Waals surface area (Å²) < 4.78 is 27.4. The van der Waals surface area contributed by atoms with E-state index in [1.54, 1.807) is 25.2 Å². The molecule has 0 unspecified atom stereocenters. The number of halogens is 1. The van der Waals surface area contributed by atoms with E-state index in [1.165, 1.54) is 4.31 Å². The van der Waals surface area contributed by atoms with Crippen LogP contribution in [-0.4, -0.2) is 50.8 Å². The molecule has 5 nitrogen and oxygen atoms in total. The second-order valence-corrected chi connectivity index (χ2v) is 8.79. The summed E-state index contributed by atoms with van der Waals surface area (Å²) in [4.78, 5) is 2.40. The minimum Gasteiger partial charge on any atom is -0.399 e. The van der Waals surface area contributed by atoms with Gasteiger partial charge in [0.05, 0.1) is 4.90 Å². The van der Waals surface area contributed by atoms with Crippen molar-refractivity contribution in [2.75, 3.05) is 33.4 Å². The predicted molar refractivity (Wildman–Crippen MR) is 88.6 cm³/mol. The maximum atomic E-state index is 12.7. The normalized spacial score (nSPS) is 18.0. The Kier molecular flexibility index (Phi) is 4.68. The number of hydrogen-bond donors (Lipinski definition) is 1. The van der Waals surface area contributed by atoms with E-state index in [1.807, 2.05) is 14.1 Å². The number of benzene rings is 1. The lowest BCUT2D eigenvalue weighted by Crippen LogP contribution is -2.57. The second-order valence-electron chi connectivity index (χ2n) is 5.92. The van der Waals surface area contributed by atoms with E-state index in [4.69, 9.17) is 5.73 Å². The SMILES string of the molecule is CN(C)C1(CN(C)S(=O)(=O)c2ccc(N)cc2Br)CCC1. The lowest BCUT2D eigenvalue weighted by atomic mass is 9.75. The fourth-order valence-electron chi connectivity index (χ4n) is 2.73. The molecule has 118 valence electrons. The first-order valence-corrected chi connectivity index (χ1v) is 9.11. The topological polar surface area (TPSA) is 66.6 Å². The Balaban J connectivity index is 2.27. The first-order valence-electron chi connectivity index (χ1n) is 6.88. The highest BCUT2D eigenvalue weighted by Crippen LogP contribution is 2.38. The smallest absolute Gasteiger partial charge is 0.244 e. The Labute approximate surface area is 135 Å². The van der Waals surface area contributed by atoms with E-state index in [0.717, 1.165) is 19.3 Å². The van der Waals surface area contributed by atoms with Crippen LogP contribution in [0.2, 0.25) is 0 Å². The minimum absolute atomic E-state index is 0.0396. The second kappa shape index (κ2) is 5.87. The standard InChI is InChI=1S/C14H22BrN3O2S/c1-17(2)14(7-4-8-14)10-18(3)21(19,20)13-6-5-11(16)9-12(13)15/h5-6,9H,4,7-8,10,16H2,1-3H3. The third kappa shape index (κ3) is 3.11. The van der Waals surface area contributed by atoms with Crippen molar-refractivity contribution in [3.8, 4) is 0 Å². The molecule has 0 aromatic heterocycles. The third-order valence-corrected chi connectivity index (χ3v) is 7.17. The van der Waals surface area contributed by atoms with Crippen LogP contribution in [0, 0.1) is 0 Å². The molecule has 21 heavy (non-hydrogen) atoms. The Morgan fingerprint density at radius 1 is 1.29 bits per heavy atom. The largest absolute Gasteiger partial charge is 0.399 e. The monoisotopic (exact) mass is 375 g/mol. The van der Waals surface area contributed by atoms with Gasteiger partial charge < -0.3 is 10.6 Å². The lowest BCUT2D eigenvalue weighted by Gasteiger charge is -2.49. The Bertz CT molecular complexity index is 627. The number of nitrogen functional groups attached to an aromatic ring is 1. The molecule has 7 heteroatoms. The summed E-state index contributed by atoms with van der Waals surface area (Å²) in [5, 5.41) is 0. The van der Waals surface area contributed by atoms with Gasteiger partial charge in [0.1, 0.15) is 0 Å². The molecule has 1 aliphatic carbocycles. The van der Waals surface area contributed by atoms with E-state index in [-0.39, 0.29) is 10.4 Å². The van der Waals surface area contributed by atoms with Crippen LogP contribution >= 0.6 is 15.9 Å². The zero-order valence-electron chi connectivity index (χ0n) is 12.6. The highest BCUT2D eigenvalue weighted by Gasteiger charge is 2.42. The summed E-state index contributed by atoms with van der Waals surface area (Å²) in [5.74, 6) is 0. The first kappa shape index (κ1) is 16.7. The van der Waals surface area contributed by atoms with E-state index in [2.05, 4.69) is 20.8 Å². The Morgan fingerprint density at radius 3 is 2.33 bits per heavy atom. The van der Waals surface area contributed by atoms with Crippen LogP contribution in [-0.2, 0) is 10.0 Å². The summed E-state index contributed by atoms with van der Waals surface area (Å²) in [6, 6.07) is 4.77. The van der Waals surface area contributed by atoms with E-state index >= 15 is 0 Å². The molecule has 0 amide bonds.